The van der Waals surface area contributed by atoms with E-state index in [9.17, 15) is 0 Å². The van der Waals surface area contributed by atoms with Crippen molar-refractivity contribution in [2.75, 3.05) is 0 Å². The molecule has 11 heavy (non-hydrogen) atoms. The Balaban J connectivity index is 2.45. The highest BCUT2D eigenvalue weighted by Gasteiger charge is 2.29. The lowest BCUT2D eigenvalue weighted by Gasteiger charge is -2.19. The average Bonchev–Trinajstić information content (AvgIpc) is 1.98. The number of hydrogen-bond donors (Lipinski definition) is 0. The third kappa shape index (κ3) is 2.54. The van der Waals surface area contributed by atoms with Crippen LogP contribution < -0.4 is 0 Å². The van der Waals surface area contributed by atoms with Crippen molar-refractivity contribution in [2.24, 2.45) is 0 Å². The van der Waals surface area contributed by atoms with Crippen LogP contribution in [0.3, 0.4) is 0 Å². The van der Waals surface area contributed by atoms with Gasteiger partial charge in [0.1, 0.15) is 0 Å². The van der Waals surface area contributed by atoms with Gasteiger partial charge in [-0.05, 0) is 12.8 Å². The fourth-order valence-electron chi connectivity index (χ4n) is 1.78. The molecule has 1 aliphatic rings. The van der Waals surface area contributed by atoms with E-state index >= 15 is 0 Å². The van der Waals surface area contributed by atoms with Crippen LogP contribution in [-0.4, -0.2) is 5.54 Å². The highest BCUT2D eigenvalue weighted by atomic mass is 14.8. The number of hydrogen-bond acceptors (Lipinski definition) is 0. The lowest BCUT2D eigenvalue weighted by atomic mass is 9.86. The average molecular weight is 151 g/mol. The molecular weight excluding hydrogens is 134 g/mol. The van der Waals surface area contributed by atoms with Crippen LogP contribution in [0.1, 0.15) is 51.9 Å². The van der Waals surface area contributed by atoms with Crippen LogP contribution in [0.25, 0.3) is 4.85 Å². The summed E-state index contributed by atoms with van der Waals surface area (Å²) in [6.45, 7) is 9.20. The molecule has 1 aliphatic carbocycles. The SMILES string of the molecule is [C-]#[N+]C1(C)CCCCCCC1. The fourth-order valence-corrected chi connectivity index (χ4v) is 1.78. The van der Waals surface area contributed by atoms with Gasteiger partial charge in [-0.2, -0.15) is 0 Å². The Bertz CT molecular complexity index is 147. The predicted octanol–water partition coefficient (Wildman–Crippen LogP) is 3.41. The Morgan fingerprint density at radius 1 is 1.00 bits per heavy atom. The topological polar surface area (TPSA) is 4.36 Å². The maximum absolute atomic E-state index is 7.09. The van der Waals surface area contributed by atoms with Crippen molar-refractivity contribution in [3.8, 4) is 0 Å². The second-order valence-corrected chi connectivity index (χ2v) is 3.88. The largest absolute Gasteiger partial charge is 0.311 e. The molecule has 0 heterocycles. The van der Waals surface area contributed by atoms with Crippen LogP contribution in [0, 0.1) is 6.57 Å². The smallest absolute Gasteiger partial charge is 0.229 e. The first-order valence-electron chi connectivity index (χ1n) is 4.65. The van der Waals surface area contributed by atoms with E-state index in [1.54, 1.807) is 0 Å². The van der Waals surface area contributed by atoms with Crippen LogP contribution in [0.5, 0.6) is 0 Å². The minimum atomic E-state index is -0.0135. The second kappa shape index (κ2) is 3.76. The standard InChI is InChI=1S/C10H17N/c1-10(11-2)8-6-4-3-5-7-9-10/h3-9H2,1H3. The molecule has 62 valence electrons. The fraction of sp³-hybridized carbons (Fsp3) is 0.900. The van der Waals surface area contributed by atoms with E-state index in [0.29, 0.717) is 0 Å². The van der Waals surface area contributed by atoms with Gasteiger partial charge in [0.25, 0.3) is 0 Å². The molecule has 0 bridgehead atoms. The van der Waals surface area contributed by atoms with Gasteiger partial charge < -0.3 is 4.85 Å². The first-order chi connectivity index (χ1) is 5.27. The molecule has 0 aromatic carbocycles. The molecule has 0 aliphatic heterocycles. The van der Waals surface area contributed by atoms with Gasteiger partial charge >= 0.3 is 0 Å². The molecule has 0 saturated heterocycles. The summed E-state index contributed by atoms with van der Waals surface area (Å²) in [5, 5.41) is 0. The summed E-state index contributed by atoms with van der Waals surface area (Å²) in [6.07, 6.45) is 8.83. The van der Waals surface area contributed by atoms with E-state index in [4.69, 9.17) is 6.57 Å². The van der Waals surface area contributed by atoms with Gasteiger partial charge in [0, 0.05) is 19.8 Å². The van der Waals surface area contributed by atoms with Crippen molar-refractivity contribution in [3.05, 3.63) is 11.4 Å². The van der Waals surface area contributed by atoms with Crippen molar-refractivity contribution in [3.63, 3.8) is 0 Å². The van der Waals surface area contributed by atoms with E-state index < -0.39 is 0 Å². The third-order valence-electron chi connectivity index (χ3n) is 2.70. The van der Waals surface area contributed by atoms with Gasteiger partial charge in [-0.1, -0.05) is 19.3 Å². The first-order valence-corrected chi connectivity index (χ1v) is 4.65. The van der Waals surface area contributed by atoms with E-state index in [2.05, 4.69) is 11.8 Å². The summed E-state index contributed by atoms with van der Waals surface area (Å²) in [5.41, 5.74) is -0.0135. The number of rotatable bonds is 0. The quantitative estimate of drug-likeness (QED) is 0.467. The lowest BCUT2D eigenvalue weighted by Crippen LogP contribution is -2.20. The van der Waals surface area contributed by atoms with Crippen molar-refractivity contribution < 1.29 is 0 Å². The van der Waals surface area contributed by atoms with Gasteiger partial charge in [0.05, 0.1) is 0 Å². The summed E-state index contributed by atoms with van der Waals surface area (Å²) in [4.78, 5) is 3.73. The Morgan fingerprint density at radius 2 is 1.45 bits per heavy atom. The Morgan fingerprint density at radius 3 is 1.91 bits per heavy atom. The molecule has 1 heteroatoms. The maximum Gasteiger partial charge on any atom is 0.229 e. The van der Waals surface area contributed by atoms with E-state index in [0.717, 1.165) is 12.8 Å². The van der Waals surface area contributed by atoms with Crippen LogP contribution in [-0.2, 0) is 0 Å². The van der Waals surface area contributed by atoms with Crippen molar-refractivity contribution in [1.82, 2.24) is 0 Å². The molecule has 0 aromatic heterocycles. The predicted molar refractivity (Wildman–Crippen MR) is 47.3 cm³/mol. The van der Waals surface area contributed by atoms with Crippen molar-refractivity contribution in [1.29, 1.82) is 0 Å². The highest BCUT2D eigenvalue weighted by Crippen LogP contribution is 2.28. The zero-order chi connectivity index (χ0) is 8.16. The molecule has 0 radical (unpaired) electrons. The van der Waals surface area contributed by atoms with Crippen molar-refractivity contribution >= 4 is 0 Å². The summed E-state index contributed by atoms with van der Waals surface area (Å²) in [6, 6.07) is 0. The first kappa shape index (κ1) is 8.59. The Labute approximate surface area is 69.6 Å². The van der Waals surface area contributed by atoms with Gasteiger partial charge in [-0.15, -0.1) is 0 Å². The van der Waals surface area contributed by atoms with Crippen LogP contribution in [0.15, 0.2) is 0 Å². The van der Waals surface area contributed by atoms with Crippen LogP contribution in [0.2, 0.25) is 0 Å². The minimum Gasteiger partial charge on any atom is -0.311 e. The van der Waals surface area contributed by atoms with Crippen LogP contribution in [0.4, 0.5) is 0 Å². The molecule has 0 aromatic rings. The van der Waals surface area contributed by atoms with E-state index in [1.165, 1.54) is 32.1 Å². The molecule has 0 unspecified atom stereocenters. The Hall–Kier alpha value is -0.510. The third-order valence-corrected chi connectivity index (χ3v) is 2.70. The normalized spacial score (nSPS) is 24.7. The summed E-state index contributed by atoms with van der Waals surface area (Å²) in [7, 11) is 0. The van der Waals surface area contributed by atoms with Crippen LogP contribution >= 0.6 is 0 Å². The van der Waals surface area contributed by atoms with Gasteiger partial charge in [-0.25, -0.2) is 6.57 Å². The molecule has 1 rings (SSSR count). The maximum atomic E-state index is 7.09. The van der Waals surface area contributed by atoms with Gasteiger partial charge in [0.15, 0.2) is 0 Å². The molecule has 1 saturated carbocycles. The summed E-state index contributed by atoms with van der Waals surface area (Å²) < 4.78 is 0. The monoisotopic (exact) mass is 151 g/mol. The molecule has 0 spiro atoms. The molecule has 0 amide bonds. The zero-order valence-corrected chi connectivity index (χ0v) is 7.40. The number of nitrogens with zero attached hydrogens (tertiary/aromatic N) is 1. The van der Waals surface area contributed by atoms with E-state index in [1.807, 2.05) is 0 Å². The summed E-state index contributed by atoms with van der Waals surface area (Å²) >= 11 is 0. The zero-order valence-electron chi connectivity index (χ0n) is 7.40. The lowest BCUT2D eigenvalue weighted by molar-refractivity contribution is 0.391. The molecule has 0 atom stereocenters. The minimum absolute atomic E-state index is 0.0135. The van der Waals surface area contributed by atoms with Crippen molar-refractivity contribution in [2.45, 2.75) is 57.4 Å². The van der Waals surface area contributed by atoms with E-state index in [-0.39, 0.29) is 5.54 Å². The molecule has 1 fully saturated rings. The second-order valence-electron chi connectivity index (χ2n) is 3.88. The van der Waals surface area contributed by atoms with Gasteiger partial charge in [-0.3, -0.25) is 0 Å². The highest BCUT2D eigenvalue weighted by molar-refractivity contribution is 4.94. The van der Waals surface area contributed by atoms with Gasteiger partial charge in [0.2, 0.25) is 5.54 Å². The Kier molecular flexibility index (Phi) is 2.93. The summed E-state index contributed by atoms with van der Waals surface area (Å²) in [5.74, 6) is 0. The molecule has 1 nitrogen and oxygen atoms in total. The molecular formula is C10H17N. The molecule has 0 N–H and O–H groups in total.